The van der Waals surface area contributed by atoms with Crippen LogP contribution in [0.4, 0.5) is 0 Å². The zero-order chi connectivity index (χ0) is 48.7. The highest BCUT2D eigenvalue weighted by Gasteiger charge is 2.27. The smallest absolute Gasteiger partial charge is 0.306 e. The molecule has 3 unspecified atom stereocenters. The molecule has 0 saturated carbocycles. The molecule has 66 heavy (non-hydrogen) atoms. The molecular weight excluding hydrogens is 844 g/mol. The number of ether oxygens (including phenoxy) is 1. The number of phosphoric ester groups is 1. The number of unbranched alkanes of at least 4 members (excludes halogenated alkanes) is 24. The molecule has 0 aliphatic carbocycles. The number of rotatable bonds is 47. The lowest BCUT2D eigenvalue weighted by atomic mass is 10.0. The average molecular weight is 945 g/mol. The van der Waals surface area contributed by atoms with Gasteiger partial charge in [-0.1, -0.05) is 203 Å². The Bertz CT molecular complexity index is 1370. The Morgan fingerprint density at radius 1 is 0.545 bits per heavy atom. The quantitative estimate of drug-likeness (QED) is 0.0161. The van der Waals surface area contributed by atoms with E-state index in [4.69, 9.17) is 13.8 Å². The van der Waals surface area contributed by atoms with Crippen molar-refractivity contribution in [3.63, 3.8) is 0 Å². The average Bonchev–Trinajstić information content (AvgIpc) is 3.27. The standard InChI is InChI=1S/C56H101N2O7P/c1-7-10-13-16-19-22-25-28-29-31-34-37-40-43-46-49-56(60)65-54(47-44-41-38-35-32-27-24-21-18-15-12-9-3)53(52-64-66(61,62)63-51-50-58(4,5)6)57-55(59)48-45-42-39-36-33-30-26-23-20-17-14-11-8-2/h11,14,17,19-20,22-23,25-26,28,44,47,53-54H,7-10,12-13,15-16,18,21,24,27,29-43,45-46,48-52H2,1-6H3,(H-,57,59,61,62)/b14-11+,20-17+,22-19+,26-23-,28-25+,47-44+. The fraction of sp³-hybridized carbons (Fsp3) is 0.750. The Balaban J connectivity index is 5.47. The van der Waals surface area contributed by atoms with Crippen molar-refractivity contribution in [3.05, 3.63) is 72.9 Å². The van der Waals surface area contributed by atoms with Crippen molar-refractivity contribution < 1.29 is 37.3 Å². The van der Waals surface area contributed by atoms with Gasteiger partial charge >= 0.3 is 5.97 Å². The van der Waals surface area contributed by atoms with Crippen molar-refractivity contribution in [2.45, 2.75) is 232 Å². The first-order valence-corrected chi connectivity index (χ1v) is 28.3. The van der Waals surface area contributed by atoms with Crippen molar-refractivity contribution in [2.75, 3.05) is 40.9 Å². The number of likely N-dealkylation sites (N-methyl/N-ethyl adjacent to an activating group) is 1. The van der Waals surface area contributed by atoms with Crippen LogP contribution in [-0.4, -0.2) is 69.4 Å². The topological polar surface area (TPSA) is 114 Å². The summed E-state index contributed by atoms with van der Waals surface area (Å²) in [4.78, 5) is 39.7. The zero-order valence-electron chi connectivity index (χ0n) is 43.4. The largest absolute Gasteiger partial charge is 0.756 e. The predicted octanol–water partition coefficient (Wildman–Crippen LogP) is 15.1. The van der Waals surface area contributed by atoms with Gasteiger partial charge in [0.25, 0.3) is 7.82 Å². The first-order valence-electron chi connectivity index (χ1n) is 26.8. The third-order valence-corrected chi connectivity index (χ3v) is 12.4. The third kappa shape index (κ3) is 46.6. The fourth-order valence-corrected chi connectivity index (χ4v) is 8.00. The van der Waals surface area contributed by atoms with Crippen LogP contribution in [0.2, 0.25) is 0 Å². The van der Waals surface area contributed by atoms with Crippen molar-refractivity contribution in [1.82, 2.24) is 5.32 Å². The molecular formula is C56H101N2O7P. The van der Waals surface area contributed by atoms with Gasteiger partial charge in [-0.2, -0.15) is 0 Å². The first kappa shape index (κ1) is 63.5. The Hall–Kier alpha value is -2.55. The highest BCUT2D eigenvalue weighted by atomic mass is 31.2. The minimum absolute atomic E-state index is 0.0314. The van der Waals surface area contributed by atoms with E-state index in [1.165, 1.54) is 70.6 Å². The van der Waals surface area contributed by atoms with E-state index in [2.05, 4.69) is 80.8 Å². The molecule has 1 N–H and O–H groups in total. The molecule has 382 valence electrons. The number of amides is 1. The number of phosphoric acid groups is 1. The van der Waals surface area contributed by atoms with Crippen LogP contribution in [0.5, 0.6) is 0 Å². The van der Waals surface area contributed by atoms with Crippen LogP contribution in [-0.2, 0) is 27.9 Å². The molecule has 0 rings (SSSR count). The van der Waals surface area contributed by atoms with Gasteiger partial charge in [-0.05, 0) is 76.7 Å². The molecule has 0 aromatic heterocycles. The maximum Gasteiger partial charge on any atom is 0.306 e. The molecule has 0 aromatic carbocycles. The van der Waals surface area contributed by atoms with Gasteiger partial charge in [0, 0.05) is 12.8 Å². The van der Waals surface area contributed by atoms with Gasteiger partial charge in [0.1, 0.15) is 19.3 Å². The summed E-state index contributed by atoms with van der Waals surface area (Å²) in [6.07, 6.45) is 57.2. The second-order valence-corrected chi connectivity index (χ2v) is 20.5. The van der Waals surface area contributed by atoms with Gasteiger partial charge in [-0.25, -0.2) is 0 Å². The lowest BCUT2D eigenvalue weighted by molar-refractivity contribution is -0.870. The number of carbonyl (C=O) groups excluding carboxylic acids is 2. The Kier molecular flexibility index (Phi) is 44.4. The number of quaternary nitrogens is 1. The maximum atomic E-state index is 13.4. The minimum atomic E-state index is -4.70. The highest BCUT2D eigenvalue weighted by Crippen LogP contribution is 2.38. The molecule has 0 spiro atoms. The first-order chi connectivity index (χ1) is 31.9. The van der Waals surface area contributed by atoms with Crippen LogP contribution in [0.3, 0.4) is 0 Å². The summed E-state index contributed by atoms with van der Waals surface area (Å²) in [7, 11) is 1.15. The van der Waals surface area contributed by atoms with Gasteiger partial charge in [-0.15, -0.1) is 0 Å². The second-order valence-electron chi connectivity index (χ2n) is 19.1. The molecule has 0 bridgehead atoms. The Morgan fingerprint density at radius 2 is 0.970 bits per heavy atom. The molecule has 0 aliphatic heterocycles. The molecule has 0 radical (unpaired) electrons. The van der Waals surface area contributed by atoms with Gasteiger partial charge in [0.2, 0.25) is 5.91 Å². The van der Waals surface area contributed by atoms with E-state index >= 15 is 0 Å². The molecule has 3 atom stereocenters. The van der Waals surface area contributed by atoms with Crippen LogP contribution in [0.25, 0.3) is 0 Å². The molecule has 1 amide bonds. The Morgan fingerprint density at radius 3 is 1.48 bits per heavy atom. The predicted molar refractivity (Wildman–Crippen MR) is 279 cm³/mol. The van der Waals surface area contributed by atoms with Crippen molar-refractivity contribution in [2.24, 2.45) is 0 Å². The van der Waals surface area contributed by atoms with E-state index in [1.807, 2.05) is 39.4 Å². The Labute approximate surface area is 406 Å². The number of nitrogens with zero attached hydrogens (tertiary/aromatic N) is 1. The molecule has 0 heterocycles. The summed E-state index contributed by atoms with van der Waals surface area (Å²) in [5, 5.41) is 2.99. The molecule has 0 saturated heterocycles. The van der Waals surface area contributed by atoms with Crippen LogP contribution in [0.1, 0.15) is 220 Å². The van der Waals surface area contributed by atoms with Crippen LogP contribution in [0.15, 0.2) is 72.9 Å². The SMILES string of the molecule is CC/C=C/C=C/C=C\CCCCCCCC(=O)NC(COP(=O)([O-])OCC[N+](C)(C)C)C(/C=C/CCCCCCCCCCCC)OC(=O)CCCCCCCC/C=C/C=C/CCCCC. The fourth-order valence-electron chi connectivity index (χ4n) is 7.28. The van der Waals surface area contributed by atoms with Crippen molar-refractivity contribution in [1.29, 1.82) is 0 Å². The van der Waals surface area contributed by atoms with Gasteiger partial charge in [-0.3, -0.25) is 14.2 Å². The van der Waals surface area contributed by atoms with E-state index in [0.717, 1.165) is 103 Å². The molecule has 0 fully saturated rings. The van der Waals surface area contributed by atoms with E-state index in [-0.39, 0.29) is 31.3 Å². The lowest BCUT2D eigenvalue weighted by Crippen LogP contribution is -2.47. The monoisotopic (exact) mass is 945 g/mol. The summed E-state index contributed by atoms with van der Waals surface area (Å²) < 4.78 is 30.1. The van der Waals surface area contributed by atoms with Crippen LogP contribution >= 0.6 is 7.82 Å². The minimum Gasteiger partial charge on any atom is -0.756 e. The maximum absolute atomic E-state index is 13.4. The number of nitrogens with one attached hydrogen (secondary N) is 1. The molecule has 0 aliphatic rings. The van der Waals surface area contributed by atoms with Crippen LogP contribution in [0, 0.1) is 0 Å². The van der Waals surface area contributed by atoms with Crippen molar-refractivity contribution >= 4 is 19.7 Å². The summed E-state index contributed by atoms with van der Waals surface area (Å²) in [5.41, 5.74) is 0. The number of carbonyl (C=O) groups is 2. The summed E-state index contributed by atoms with van der Waals surface area (Å²) in [6, 6.07) is -0.904. The number of hydrogen-bond acceptors (Lipinski definition) is 7. The third-order valence-electron chi connectivity index (χ3n) is 11.5. The molecule has 9 nitrogen and oxygen atoms in total. The van der Waals surface area contributed by atoms with Gasteiger partial charge in [0.05, 0.1) is 33.8 Å². The van der Waals surface area contributed by atoms with E-state index in [9.17, 15) is 19.0 Å². The second kappa shape index (κ2) is 46.2. The normalized spacial score (nSPS) is 14.5. The molecule has 10 heteroatoms. The van der Waals surface area contributed by atoms with E-state index < -0.39 is 26.6 Å². The van der Waals surface area contributed by atoms with Crippen molar-refractivity contribution in [3.8, 4) is 0 Å². The van der Waals surface area contributed by atoms with Gasteiger partial charge < -0.3 is 28.5 Å². The van der Waals surface area contributed by atoms with E-state index in [0.29, 0.717) is 23.9 Å². The summed E-state index contributed by atoms with van der Waals surface area (Å²) >= 11 is 0. The lowest BCUT2D eigenvalue weighted by Gasteiger charge is -2.30. The zero-order valence-corrected chi connectivity index (χ0v) is 44.3. The van der Waals surface area contributed by atoms with Gasteiger partial charge in [0.15, 0.2) is 0 Å². The summed E-state index contributed by atoms with van der Waals surface area (Å²) in [5.74, 6) is -0.583. The number of allylic oxidation sites excluding steroid dienone is 11. The summed E-state index contributed by atoms with van der Waals surface area (Å²) in [6.45, 7) is 6.63. The van der Waals surface area contributed by atoms with E-state index in [1.54, 1.807) is 0 Å². The highest BCUT2D eigenvalue weighted by molar-refractivity contribution is 7.45. The molecule has 0 aromatic rings. The number of esters is 1. The van der Waals surface area contributed by atoms with Crippen LogP contribution < -0.4 is 10.2 Å². The number of hydrogen-bond donors (Lipinski definition) is 1.